The van der Waals surface area contributed by atoms with Crippen LogP contribution in [0.5, 0.6) is 0 Å². The number of hydrogen-bond donors (Lipinski definition) is 2. The Balaban J connectivity index is 1.38. The van der Waals surface area contributed by atoms with E-state index in [1.165, 1.54) is 7.11 Å². The molecular weight excluding hydrogens is 532 g/mol. The summed E-state index contributed by atoms with van der Waals surface area (Å²) < 4.78 is 7.08. The molecule has 0 atom stereocenters. The molecule has 2 aromatic carbocycles. The van der Waals surface area contributed by atoms with Crippen molar-refractivity contribution in [3.05, 3.63) is 65.5 Å². The summed E-state index contributed by atoms with van der Waals surface area (Å²) in [6.07, 6.45) is 3.45. The number of aromatic nitrogens is 3. The van der Waals surface area contributed by atoms with E-state index >= 15 is 0 Å². The fourth-order valence-corrected chi connectivity index (χ4v) is 5.64. The van der Waals surface area contributed by atoms with Gasteiger partial charge in [0.2, 0.25) is 5.91 Å². The van der Waals surface area contributed by atoms with Crippen LogP contribution in [0, 0.1) is 0 Å². The Kier molecular flexibility index (Phi) is 9.34. The number of amides is 1. The molecular formula is C32H40N6O4. The van der Waals surface area contributed by atoms with Gasteiger partial charge in [0.05, 0.1) is 37.2 Å². The van der Waals surface area contributed by atoms with Gasteiger partial charge < -0.3 is 25.0 Å². The highest BCUT2D eigenvalue weighted by atomic mass is 16.5. The Morgan fingerprint density at radius 2 is 1.88 bits per heavy atom. The van der Waals surface area contributed by atoms with Crippen LogP contribution >= 0.6 is 0 Å². The fourth-order valence-electron chi connectivity index (χ4n) is 5.64. The lowest BCUT2D eigenvalue weighted by Gasteiger charge is -2.36. The van der Waals surface area contributed by atoms with Crippen molar-refractivity contribution < 1.29 is 19.4 Å². The van der Waals surface area contributed by atoms with E-state index in [1.54, 1.807) is 0 Å². The number of carbonyl (C=O) groups is 2. The summed E-state index contributed by atoms with van der Waals surface area (Å²) in [4.78, 5) is 38.7. The Labute approximate surface area is 246 Å². The van der Waals surface area contributed by atoms with E-state index in [9.17, 15) is 14.7 Å². The topological polar surface area (TPSA) is 127 Å². The zero-order chi connectivity index (χ0) is 29.6. The van der Waals surface area contributed by atoms with Crippen molar-refractivity contribution in [3.63, 3.8) is 0 Å². The van der Waals surface area contributed by atoms with Gasteiger partial charge in [-0.05, 0) is 30.0 Å². The lowest BCUT2D eigenvalue weighted by molar-refractivity contribution is -0.140. The number of fused-ring (bicyclic) bond motifs is 3. The van der Waals surface area contributed by atoms with Gasteiger partial charge in [0.25, 0.3) is 0 Å². The predicted octanol–water partition coefficient (Wildman–Crippen LogP) is 3.32. The van der Waals surface area contributed by atoms with Crippen LogP contribution in [-0.2, 0) is 40.3 Å². The molecule has 0 aliphatic carbocycles. The third-order valence-electron chi connectivity index (χ3n) is 7.84. The summed E-state index contributed by atoms with van der Waals surface area (Å²) >= 11 is 0. The fraction of sp³-hybridized carbons (Fsp3) is 0.438. The predicted molar refractivity (Wildman–Crippen MR) is 163 cm³/mol. The van der Waals surface area contributed by atoms with Crippen LogP contribution in [0.15, 0.2) is 48.5 Å². The number of nitrogens with two attached hydrogens (primary N) is 1. The lowest BCUT2D eigenvalue weighted by Crippen LogP contribution is -2.54. The number of ether oxygens (including phenoxy) is 1. The van der Waals surface area contributed by atoms with Gasteiger partial charge in [0, 0.05) is 44.5 Å². The van der Waals surface area contributed by atoms with Crippen molar-refractivity contribution in [1.82, 2.24) is 24.3 Å². The summed E-state index contributed by atoms with van der Waals surface area (Å²) in [6, 6.07) is 15.7. The molecule has 0 bridgehead atoms. The standard InChI is InChI=1S/C32H40N6O4/c1-3-4-13-27-35-30-31(25-11-5-6-12-26(25)34-32(30)33)38(27)15-8-14-37(28(40)21-36-19-24(39)20-36)18-23-10-7-9-22(16-23)17-29(41)42-2/h5-7,9-12,16,24,39H,3-4,8,13-15,17-21H2,1-2H3,(H2,33,34). The first-order chi connectivity index (χ1) is 20.4. The molecule has 10 heteroatoms. The molecule has 1 fully saturated rings. The number of carbonyl (C=O) groups excluding carboxylic acids is 2. The first-order valence-electron chi connectivity index (χ1n) is 14.7. The molecule has 1 aliphatic rings. The largest absolute Gasteiger partial charge is 0.469 e. The van der Waals surface area contributed by atoms with Gasteiger partial charge in [-0.2, -0.15) is 0 Å². The van der Waals surface area contributed by atoms with Crippen LogP contribution in [0.1, 0.15) is 43.1 Å². The SMILES string of the molecule is CCCCc1nc2c(N)nc3ccccc3c2n1CCCN(Cc1cccc(CC(=O)OC)c1)C(=O)CN1CC(O)C1. The van der Waals surface area contributed by atoms with Crippen molar-refractivity contribution in [3.8, 4) is 0 Å². The Bertz CT molecular complexity index is 1560. The molecule has 1 saturated heterocycles. The lowest BCUT2D eigenvalue weighted by atomic mass is 10.1. The smallest absolute Gasteiger partial charge is 0.309 e. The van der Waals surface area contributed by atoms with Crippen molar-refractivity contribution in [2.45, 2.75) is 58.2 Å². The molecule has 0 radical (unpaired) electrons. The summed E-state index contributed by atoms with van der Waals surface area (Å²) in [6.45, 7) is 5.11. The second-order valence-electron chi connectivity index (χ2n) is 11.1. The molecule has 5 rings (SSSR count). The number of methoxy groups -OCH3 is 1. The number of para-hydroxylation sites is 1. The molecule has 1 aliphatic heterocycles. The van der Waals surface area contributed by atoms with Crippen molar-refractivity contribution in [2.24, 2.45) is 0 Å². The zero-order valence-electron chi connectivity index (χ0n) is 24.5. The number of aryl methyl sites for hydroxylation is 2. The number of aliphatic hydroxyl groups excluding tert-OH is 1. The quantitative estimate of drug-likeness (QED) is 0.234. The monoisotopic (exact) mass is 572 g/mol. The average molecular weight is 573 g/mol. The second kappa shape index (κ2) is 13.3. The number of benzene rings is 2. The summed E-state index contributed by atoms with van der Waals surface area (Å²) in [5.74, 6) is 1.13. The molecule has 42 heavy (non-hydrogen) atoms. The number of aliphatic hydroxyl groups is 1. The van der Waals surface area contributed by atoms with Crippen LogP contribution in [0.2, 0.25) is 0 Å². The minimum absolute atomic E-state index is 0.0147. The van der Waals surface area contributed by atoms with Crippen molar-refractivity contribution >= 4 is 39.6 Å². The second-order valence-corrected chi connectivity index (χ2v) is 11.1. The number of rotatable bonds is 13. The Morgan fingerprint density at radius 1 is 1.10 bits per heavy atom. The molecule has 2 aromatic heterocycles. The minimum atomic E-state index is -0.367. The first-order valence-corrected chi connectivity index (χ1v) is 14.7. The normalized spacial score (nSPS) is 13.9. The van der Waals surface area contributed by atoms with E-state index in [2.05, 4.69) is 22.5 Å². The van der Waals surface area contributed by atoms with E-state index in [0.717, 1.165) is 64.6 Å². The minimum Gasteiger partial charge on any atom is -0.469 e. The van der Waals surface area contributed by atoms with E-state index < -0.39 is 0 Å². The molecule has 0 unspecified atom stereocenters. The van der Waals surface area contributed by atoms with Crippen LogP contribution < -0.4 is 5.73 Å². The van der Waals surface area contributed by atoms with Crippen LogP contribution in [-0.4, -0.2) is 80.7 Å². The van der Waals surface area contributed by atoms with Crippen molar-refractivity contribution in [1.29, 1.82) is 0 Å². The van der Waals surface area contributed by atoms with Crippen LogP contribution in [0.25, 0.3) is 21.9 Å². The Hall–Kier alpha value is -4.02. The van der Waals surface area contributed by atoms with E-state index in [4.69, 9.17) is 15.5 Å². The highest BCUT2D eigenvalue weighted by molar-refractivity contribution is 6.06. The highest BCUT2D eigenvalue weighted by Crippen LogP contribution is 2.29. The number of pyridine rings is 1. The zero-order valence-corrected chi connectivity index (χ0v) is 24.5. The summed E-state index contributed by atoms with van der Waals surface area (Å²) in [7, 11) is 1.38. The molecule has 0 saturated carbocycles. The van der Waals surface area contributed by atoms with E-state index in [0.29, 0.717) is 38.5 Å². The number of nitrogens with zero attached hydrogens (tertiary/aromatic N) is 5. The van der Waals surface area contributed by atoms with Gasteiger partial charge in [-0.25, -0.2) is 9.97 Å². The average Bonchev–Trinajstić information content (AvgIpc) is 3.34. The molecule has 0 spiro atoms. The van der Waals surface area contributed by atoms with Crippen LogP contribution in [0.4, 0.5) is 5.82 Å². The van der Waals surface area contributed by atoms with Gasteiger partial charge >= 0.3 is 5.97 Å². The number of unbranched alkanes of at least 4 members (excludes halogenated alkanes) is 1. The molecule has 3 heterocycles. The maximum Gasteiger partial charge on any atom is 0.309 e. The van der Waals surface area contributed by atoms with Crippen molar-refractivity contribution in [2.75, 3.05) is 39.0 Å². The van der Waals surface area contributed by atoms with Gasteiger partial charge in [-0.1, -0.05) is 55.8 Å². The summed E-state index contributed by atoms with van der Waals surface area (Å²) in [5.41, 5.74) is 10.7. The molecule has 3 N–H and O–H groups in total. The number of hydrogen-bond acceptors (Lipinski definition) is 8. The van der Waals surface area contributed by atoms with E-state index in [-0.39, 0.29) is 30.9 Å². The van der Waals surface area contributed by atoms with Crippen LogP contribution in [0.3, 0.4) is 0 Å². The van der Waals surface area contributed by atoms with E-state index in [1.807, 2.05) is 52.3 Å². The summed E-state index contributed by atoms with van der Waals surface area (Å²) in [5, 5.41) is 10.7. The van der Waals surface area contributed by atoms with Gasteiger partial charge in [0.1, 0.15) is 11.3 Å². The molecule has 1 amide bonds. The number of anilines is 1. The molecule has 10 nitrogen and oxygen atoms in total. The van der Waals surface area contributed by atoms with Gasteiger partial charge in [-0.15, -0.1) is 0 Å². The van der Waals surface area contributed by atoms with Gasteiger partial charge in [-0.3, -0.25) is 14.5 Å². The number of esters is 1. The maximum absolute atomic E-state index is 13.5. The third-order valence-corrected chi connectivity index (χ3v) is 7.84. The third kappa shape index (κ3) is 6.71. The Morgan fingerprint density at radius 3 is 2.64 bits per heavy atom. The maximum atomic E-state index is 13.5. The number of likely N-dealkylation sites (tertiary alicyclic amines) is 1. The number of nitrogen functional groups attached to an aromatic ring is 1. The first kappa shape index (κ1) is 29.5. The molecule has 4 aromatic rings. The number of imidazole rings is 1. The van der Waals surface area contributed by atoms with Gasteiger partial charge in [0.15, 0.2) is 5.82 Å². The highest BCUT2D eigenvalue weighted by Gasteiger charge is 2.28. The molecule has 222 valence electrons. The number of β-amino-alcohol motifs (C(OH)–C–C–N with tert-alkyl or cyclic N) is 1.